The van der Waals surface area contributed by atoms with Crippen molar-refractivity contribution in [2.75, 3.05) is 19.5 Å². The zero-order valence-electron chi connectivity index (χ0n) is 10.6. The Morgan fingerprint density at radius 3 is 2.53 bits per heavy atom. The van der Waals surface area contributed by atoms with Gasteiger partial charge in [0.1, 0.15) is 5.82 Å². The number of hydrogen-bond donors (Lipinski definition) is 1. The molecular formula is C13H13ClIN3O. The highest BCUT2D eigenvalue weighted by Gasteiger charge is 2.12. The molecule has 0 bridgehead atoms. The van der Waals surface area contributed by atoms with Crippen molar-refractivity contribution in [2.45, 2.75) is 6.61 Å². The molecule has 0 radical (unpaired) electrons. The van der Waals surface area contributed by atoms with Crippen LogP contribution in [0.3, 0.4) is 0 Å². The van der Waals surface area contributed by atoms with Gasteiger partial charge in [-0.15, -0.1) is 0 Å². The molecule has 1 aromatic heterocycles. The number of rotatable bonds is 4. The van der Waals surface area contributed by atoms with Crippen molar-refractivity contribution >= 4 is 40.0 Å². The highest BCUT2D eigenvalue weighted by atomic mass is 127. The van der Waals surface area contributed by atoms with Gasteiger partial charge in [-0.25, -0.2) is 9.97 Å². The number of nitrogens with zero attached hydrogens (tertiary/aromatic N) is 2. The van der Waals surface area contributed by atoms with Crippen molar-refractivity contribution in [3.05, 3.63) is 38.6 Å². The summed E-state index contributed by atoms with van der Waals surface area (Å²) in [5.41, 5.74) is 1.79. The van der Waals surface area contributed by atoms with Crippen LogP contribution in [0, 0.1) is 3.57 Å². The molecule has 19 heavy (non-hydrogen) atoms. The fraction of sp³-hybridized carbons (Fsp3) is 0.231. The minimum atomic E-state index is 0.454. The molecule has 0 saturated heterocycles. The van der Waals surface area contributed by atoms with Crippen LogP contribution in [0.1, 0.15) is 5.69 Å². The van der Waals surface area contributed by atoms with Gasteiger partial charge in [0.2, 0.25) is 0 Å². The highest BCUT2D eigenvalue weighted by Crippen LogP contribution is 2.25. The van der Waals surface area contributed by atoms with Gasteiger partial charge in [-0.3, -0.25) is 0 Å². The van der Waals surface area contributed by atoms with Crippen molar-refractivity contribution in [2.24, 2.45) is 0 Å². The maximum Gasteiger partial charge on any atom is 0.161 e. The summed E-state index contributed by atoms with van der Waals surface area (Å²) in [5.74, 6) is 1.46. The van der Waals surface area contributed by atoms with E-state index in [2.05, 4.69) is 37.9 Å². The summed E-state index contributed by atoms with van der Waals surface area (Å²) in [6, 6.07) is 7.46. The SMILES string of the molecule is CNc1nc(-c2ccc(Cl)cc2)nc(COC)c1I. The van der Waals surface area contributed by atoms with Crippen LogP contribution in [0.5, 0.6) is 0 Å². The van der Waals surface area contributed by atoms with Crippen LogP contribution >= 0.6 is 34.2 Å². The molecule has 2 aromatic rings. The average molecular weight is 390 g/mol. The summed E-state index contributed by atoms with van der Waals surface area (Å²) in [6.45, 7) is 0.454. The average Bonchev–Trinajstić information content (AvgIpc) is 2.42. The van der Waals surface area contributed by atoms with Crippen LogP contribution in [0.2, 0.25) is 5.02 Å². The molecule has 0 saturated carbocycles. The molecule has 2 rings (SSSR count). The summed E-state index contributed by atoms with van der Waals surface area (Å²) in [6.07, 6.45) is 0. The second-order valence-electron chi connectivity index (χ2n) is 3.85. The van der Waals surface area contributed by atoms with Crippen LogP contribution < -0.4 is 5.32 Å². The molecule has 4 nitrogen and oxygen atoms in total. The van der Waals surface area contributed by atoms with Crippen molar-refractivity contribution in [1.82, 2.24) is 9.97 Å². The second-order valence-corrected chi connectivity index (χ2v) is 5.36. The van der Waals surface area contributed by atoms with E-state index in [1.807, 2.05) is 31.3 Å². The minimum absolute atomic E-state index is 0.454. The summed E-state index contributed by atoms with van der Waals surface area (Å²) in [5, 5.41) is 3.77. The van der Waals surface area contributed by atoms with Crippen LogP contribution in [-0.4, -0.2) is 24.1 Å². The number of benzene rings is 1. The first-order valence-corrected chi connectivity index (χ1v) is 7.10. The molecule has 0 amide bonds. The number of hydrogen-bond acceptors (Lipinski definition) is 4. The molecule has 6 heteroatoms. The molecule has 100 valence electrons. The lowest BCUT2D eigenvalue weighted by Gasteiger charge is -2.10. The largest absolute Gasteiger partial charge is 0.378 e. The number of aromatic nitrogens is 2. The molecule has 0 aliphatic heterocycles. The van der Waals surface area contributed by atoms with Crippen LogP contribution in [0.15, 0.2) is 24.3 Å². The van der Waals surface area contributed by atoms with E-state index >= 15 is 0 Å². The maximum absolute atomic E-state index is 5.89. The van der Waals surface area contributed by atoms with E-state index in [4.69, 9.17) is 16.3 Å². The standard InChI is InChI=1S/C13H13ClIN3O/c1-16-13-11(15)10(7-19-2)17-12(18-13)8-3-5-9(14)6-4-8/h3-6H,7H2,1-2H3,(H,16,17,18). The smallest absolute Gasteiger partial charge is 0.161 e. The number of anilines is 1. The van der Waals surface area contributed by atoms with Crippen molar-refractivity contribution in [1.29, 1.82) is 0 Å². The van der Waals surface area contributed by atoms with Gasteiger partial charge >= 0.3 is 0 Å². The summed E-state index contributed by atoms with van der Waals surface area (Å²) in [4.78, 5) is 9.05. The van der Waals surface area contributed by atoms with Crippen molar-refractivity contribution in [3.63, 3.8) is 0 Å². The van der Waals surface area contributed by atoms with Gasteiger partial charge in [0.05, 0.1) is 15.9 Å². The van der Waals surface area contributed by atoms with E-state index in [1.54, 1.807) is 7.11 Å². The summed E-state index contributed by atoms with van der Waals surface area (Å²) >= 11 is 8.11. The normalized spacial score (nSPS) is 10.5. The zero-order valence-corrected chi connectivity index (χ0v) is 13.5. The Balaban J connectivity index is 2.51. The third-order valence-electron chi connectivity index (χ3n) is 2.54. The quantitative estimate of drug-likeness (QED) is 0.812. The van der Waals surface area contributed by atoms with Crippen LogP contribution in [0.25, 0.3) is 11.4 Å². The van der Waals surface area contributed by atoms with Crippen molar-refractivity contribution < 1.29 is 4.74 Å². The van der Waals surface area contributed by atoms with E-state index in [1.165, 1.54) is 0 Å². The molecule has 0 spiro atoms. The fourth-order valence-corrected chi connectivity index (χ4v) is 2.41. The van der Waals surface area contributed by atoms with Crippen molar-refractivity contribution in [3.8, 4) is 11.4 Å². The molecule has 1 heterocycles. The molecule has 1 aromatic carbocycles. The lowest BCUT2D eigenvalue weighted by atomic mass is 10.2. The first-order chi connectivity index (χ1) is 9.15. The Labute approximate surface area is 130 Å². The Morgan fingerprint density at radius 2 is 1.95 bits per heavy atom. The maximum atomic E-state index is 5.89. The first kappa shape index (κ1) is 14.5. The van der Waals surface area contributed by atoms with Gasteiger partial charge in [0.15, 0.2) is 5.82 Å². The summed E-state index contributed by atoms with van der Waals surface area (Å²) < 4.78 is 6.15. The lowest BCUT2D eigenvalue weighted by molar-refractivity contribution is 0.181. The number of halogens is 2. The highest BCUT2D eigenvalue weighted by molar-refractivity contribution is 14.1. The number of nitrogens with one attached hydrogen (secondary N) is 1. The van der Waals surface area contributed by atoms with E-state index in [0.29, 0.717) is 17.5 Å². The van der Waals surface area contributed by atoms with Gasteiger partial charge in [0, 0.05) is 24.7 Å². The molecule has 1 N–H and O–H groups in total. The predicted octanol–water partition coefficient (Wildman–Crippen LogP) is 3.59. The number of ether oxygens (including phenoxy) is 1. The Morgan fingerprint density at radius 1 is 1.26 bits per heavy atom. The number of methoxy groups -OCH3 is 1. The molecule has 0 atom stereocenters. The fourth-order valence-electron chi connectivity index (χ4n) is 1.62. The van der Waals surface area contributed by atoms with Gasteiger partial charge < -0.3 is 10.1 Å². The molecule has 0 fully saturated rings. The molecule has 0 aliphatic rings. The Bertz CT molecular complexity index is 575. The third-order valence-corrected chi connectivity index (χ3v) is 3.93. The first-order valence-electron chi connectivity index (χ1n) is 5.64. The zero-order chi connectivity index (χ0) is 13.8. The molecular weight excluding hydrogens is 377 g/mol. The lowest BCUT2D eigenvalue weighted by Crippen LogP contribution is -2.06. The molecule has 0 unspecified atom stereocenters. The van der Waals surface area contributed by atoms with Crippen LogP contribution in [-0.2, 0) is 11.3 Å². The second kappa shape index (κ2) is 6.49. The van der Waals surface area contributed by atoms with Gasteiger partial charge in [-0.1, -0.05) is 11.6 Å². The molecule has 0 aliphatic carbocycles. The minimum Gasteiger partial charge on any atom is -0.378 e. The van der Waals surface area contributed by atoms with Gasteiger partial charge in [0.25, 0.3) is 0 Å². The third kappa shape index (κ3) is 3.34. The van der Waals surface area contributed by atoms with E-state index in [0.717, 1.165) is 20.6 Å². The summed E-state index contributed by atoms with van der Waals surface area (Å²) in [7, 11) is 3.49. The predicted molar refractivity (Wildman–Crippen MR) is 85.5 cm³/mol. The monoisotopic (exact) mass is 389 g/mol. The Hall–Kier alpha value is -0.920. The Kier molecular flexibility index (Phi) is 4.95. The topological polar surface area (TPSA) is 47.0 Å². The van der Waals surface area contributed by atoms with E-state index in [-0.39, 0.29) is 0 Å². The van der Waals surface area contributed by atoms with Gasteiger partial charge in [-0.05, 0) is 46.9 Å². The van der Waals surface area contributed by atoms with Crippen LogP contribution in [0.4, 0.5) is 5.82 Å². The van der Waals surface area contributed by atoms with E-state index in [9.17, 15) is 0 Å². The van der Waals surface area contributed by atoms with Gasteiger partial charge in [-0.2, -0.15) is 0 Å². The van der Waals surface area contributed by atoms with E-state index < -0.39 is 0 Å².